The van der Waals surface area contributed by atoms with Crippen LogP contribution in [0.3, 0.4) is 0 Å². The number of carbonyl (C=O) groups excluding carboxylic acids is 1. The highest BCUT2D eigenvalue weighted by molar-refractivity contribution is 9.10. The lowest BCUT2D eigenvalue weighted by atomic mass is 10.0. The second kappa shape index (κ2) is 8.63. The van der Waals surface area contributed by atoms with Crippen LogP contribution in [0.2, 0.25) is 0 Å². The van der Waals surface area contributed by atoms with Crippen molar-refractivity contribution in [2.75, 3.05) is 11.9 Å². The first-order chi connectivity index (χ1) is 12.6. The Morgan fingerprint density at radius 2 is 1.73 bits per heavy atom. The van der Waals surface area contributed by atoms with Gasteiger partial charge in [0, 0.05) is 10.9 Å². The average Bonchev–Trinajstić information content (AvgIpc) is 2.64. The number of rotatable bonds is 6. The molecule has 3 aromatic carbocycles. The molecule has 0 radical (unpaired) electrons. The fourth-order valence-electron chi connectivity index (χ4n) is 2.53. The zero-order valence-corrected chi connectivity index (χ0v) is 15.5. The van der Waals surface area contributed by atoms with Crippen molar-refractivity contribution in [2.45, 2.75) is 6.42 Å². The summed E-state index contributed by atoms with van der Waals surface area (Å²) in [5.74, 6) is -0.277. The van der Waals surface area contributed by atoms with Crippen LogP contribution in [0, 0.1) is 5.82 Å². The first-order valence-corrected chi connectivity index (χ1v) is 8.90. The summed E-state index contributed by atoms with van der Waals surface area (Å²) in [4.78, 5) is 12.1. The van der Waals surface area contributed by atoms with Gasteiger partial charge in [0.1, 0.15) is 11.6 Å². The second-order valence-electron chi connectivity index (χ2n) is 5.73. The van der Waals surface area contributed by atoms with Gasteiger partial charge < -0.3 is 10.1 Å². The summed E-state index contributed by atoms with van der Waals surface area (Å²) >= 11 is 3.18. The maximum Gasteiger partial charge on any atom is 0.262 e. The van der Waals surface area contributed by atoms with E-state index in [1.165, 1.54) is 12.1 Å². The van der Waals surface area contributed by atoms with Crippen molar-refractivity contribution in [3.63, 3.8) is 0 Å². The SMILES string of the molecule is O=C(COc1ccccc1Cc1ccccc1)Nc1ccc(Br)cc1F. The summed E-state index contributed by atoms with van der Waals surface area (Å²) in [7, 11) is 0. The summed E-state index contributed by atoms with van der Waals surface area (Å²) in [6, 6.07) is 22.1. The molecular weight excluding hydrogens is 397 g/mol. The number of halogens is 2. The Hall–Kier alpha value is -2.66. The van der Waals surface area contributed by atoms with E-state index in [9.17, 15) is 9.18 Å². The summed E-state index contributed by atoms with van der Waals surface area (Å²) in [6.07, 6.45) is 0.708. The Labute approximate surface area is 159 Å². The molecule has 3 rings (SSSR count). The molecule has 0 saturated heterocycles. The van der Waals surface area contributed by atoms with Gasteiger partial charge in [0.25, 0.3) is 5.91 Å². The van der Waals surface area contributed by atoms with Crippen LogP contribution in [-0.4, -0.2) is 12.5 Å². The van der Waals surface area contributed by atoms with Gasteiger partial charge >= 0.3 is 0 Å². The molecule has 0 saturated carbocycles. The lowest BCUT2D eigenvalue weighted by Crippen LogP contribution is -2.21. The zero-order valence-electron chi connectivity index (χ0n) is 13.9. The Bertz CT molecular complexity index is 900. The maximum atomic E-state index is 13.8. The lowest BCUT2D eigenvalue weighted by molar-refractivity contribution is -0.118. The third-order valence-corrected chi connectivity index (χ3v) is 4.27. The van der Waals surface area contributed by atoms with Gasteiger partial charge in [-0.25, -0.2) is 4.39 Å². The van der Waals surface area contributed by atoms with Crippen LogP contribution >= 0.6 is 15.9 Å². The molecule has 0 atom stereocenters. The number of carbonyl (C=O) groups is 1. The molecule has 0 fully saturated rings. The molecule has 26 heavy (non-hydrogen) atoms. The highest BCUT2D eigenvalue weighted by Gasteiger charge is 2.10. The molecule has 5 heteroatoms. The van der Waals surface area contributed by atoms with Crippen LogP contribution in [0.25, 0.3) is 0 Å². The van der Waals surface area contributed by atoms with Gasteiger partial charge in [-0.1, -0.05) is 64.5 Å². The fraction of sp³-hybridized carbons (Fsp3) is 0.0952. The van der Waals surface area contributed by atoms with Crippen LogP contribution in [0.15, 0.2) is 77.3 Å². The van der Waals surface area contributed by atoms with Gasteiger partial charge in [-0.2, -0.15) is 0 Å². The number of benzene rings is 3. The van der Waals surface area contributed by atoms with Gasteiger partial charge in [-0.3, -0.25) is 4.79 Å². The molecule has 0 unspecified atom stereocenters. The topological polar surface area (TPSA) is 38.3 Å². The van der Waals surface area contributed by atoms with E-state index in [0.717, 1.165) is 11.1 Å². The molecule has 0 spiro atoms. The first-order valence-electron chi connectivity index (χ1n) is 8.11. The van der Waals surface area contributed by atoms with E-state index in [-0.39, 0.29) is 12.3 Å². The standard InChI is InChI=1S/C21H17BrFNO2/c22-17-10-11-19(18(23)13-17)24-21(25)14-26-20-9-5-4-8-16(20)12-15-6-2-1-3-7-15/h1-11,13H,12,14H2,(H,24,25). The molecule has 0 aliphatic heterocycles. The predicted octanol–water partition coefficient (Wildman–Crippen LogP) is 5.20. The maximum absolute atomic E-state index is 13.8. The Morgan fingerprint density at radius 3 is 2.50 bits per heavy atom. The third-order valence-electron chi connectivity index (χ3n) is 3.77. The van der Waals surface area contributed by atoms with Crippen molar-refractivity contribution in [3.05, 3.63) is 94.2 Å². The lowest BCUT2D eigenvalue weighted by Gasteiger charge is -2.12. The minimum Gasteiger partial charge on any atom is -0.483 e. The number of nitrogens with one attached hydrogen (secondary N) is 1. The van der Waals surface area contributed by atoms with E-state index in [4.69, 9.17) is 4.74 Å². The third kappa shape index (κ3) is 4.92. The number of anilines is 1. The number of para-hydroxylation sites is 1. The molecule has 3 aromatic rings. The fourth-order valence-corrected chi connectivity index (χ4v) is 2.86. The molecule has 0 aromatic heterocycles. The molecule has 3 nitrogen and oxygen atoms in total. The Morgan fingerprint density at radius 1 is 1.00 bits per heavy atom. The minimum absolute atomic E-state index is 0.124. The van der Waals surface area contributed by atoms with E-state index in [2.05, 4.69) is 21.2 Å². The summed E-state index contributed by atoms with van der Waals surface area (Å²) < 4.78 is 20.1. The number of amides is 1. The molecule has 0 aliphatic carbocycles. The Balaban J connectivity index is 1.63. The average molecular weight is 414 g/mol. The van der Waals surface area contributed by atoms with Gasteiger partial charge in [0.15, 0.2) is 6.61 Å². The Kier molecular flexibility index (Phi) is 6.02. The molecule has 0 bridgehead atoms. The molecular formula is C21H17BrFNO2. The van der Waals surface area contributed by atoms with Crippen molar-refractivity contribution in [2.24, 2.45) is 0 Å². The van der Waals surface area contributed by atoms with Crippen LogP contribution in [-0.2, 0) is 11.2 Å². The molecule has 132 valence electrons. The predicted molar refractivity (Wildman–Crippen MR) is 104 cm³/mol. The van der Waals surface area contributed by atoms with Crippen molar-refractivity contribution in [3.8, 4) is 5.75 Å². The summed E-state index contributed by atoms with van der Waals surface area (Å²) in [5, 5.41) is 2.52. The van der Waals surface area contributed by atoms with Crippen LogP contribution in [0.5, 0.6) is 5.75 Å². The van der Waals surface area contributed by atoms with Crippen LogP contribution in [0.1, 0.15) is 11.1 Å². The largest absolute Gasteiger partial charge is 0.483 e. The van der Waals surface area contributed by atoms with Crippen molar-refractivity contribution < 1.29 is 13.9 Å². The first kappa shape index (κ1) is 18.1. The summed E-state index contributed by atoms with van der Waals surface area (Å²) in [5.41, 5.74) is 2.27. The van der Waals surface area contributed by atoms with Gasteiger partial charge in [0.05, 0.1) is 5.69 Å². The van der Waals surface area contributed by atoms with E-state index in [1.807, 2.05) is 54.6 Å². The zero-order chi connectivity index (χ0) is 18.4. The minimum atomic E-state index is -0.503. The number of ether oxygens (including phenoxy) is 1. The summed E-state index contributed by atoms with van der Waals surface area (Å²) in [6.45, 7) is -0.193. The normalized spacial score (nSPS) is 10.4. The molecule has 0 aliphatic rings. The van der Waals surface area contributed by atoms with E-state index < -0.39 is 11.7 Å². The van der Waals surface area contributed by atoms with Crippen molar-refractivity contribution in [1.82, 2.24) is 0 Å². The van der Waals surface area contributed by atoms with Crippen molar-refractivity contribution >= 4 is 27.5 Å². The highest BCUT2D eigenvalue weighted by Crippen LogP contribution is 2.22. The number of hydrogen-bond acceptors (Lipinski definition) is 2. The molecule has 1 amide bonds. The highest BCUT2D eigenvalue weighted by atomic mass is 79.9. The number of hydrogen-bond donors (Lipinski definition) is 1. The quantitative estimate of drug-likeness (QED) is 0.603. The van der Waals surface area contributed by atoms with Crippen LogP contribution in [0.4, 0.5) is 10.1 Å². The van der Waals surface area contributed by atoms with E-state index in [1.54, 1.807) is 6.07 Å². The van der Waals surface area contributed by atoms with Crippen molar-refractivity contribution in [1.29, 1.82) is 0 Å². The molecule has 0 heterocycles. The molecule has 1 N–H and O–H groups in total. The van der Waals surface area contributed by atoms with E-state index in [0.29, 0.717) is 16.6 Å². The van der Waals surface area contributed by atoms with Gasteiger partial charge in [0.2, 0.25) is 0 Å². The van der Waals surface area contributed by atoms with Crippen LogP contribution < -0.4 is 10.1 Å². The van der Waals surface area contributed by atoms with E-state index >= 15 is 0 Å². The van der Waals surface area contributed by atoms with Gasteiger partial charge in [-0.15, -0.1) is 0 Å². The smallest absolute Gasteiger partial charge is 0.262 e. The monoisotopic (exact) mass is 413 g/mol. The second-order valence-corrected chi connectivity index (χ2v) is 6.65. The van der Waals surface area contributed by atoms with Gasteiger partial charge in [-0.05, 0) is 35.4 Å².